The lowest BCUT2D eigenvalue weighted by Crippen LogP contribution is -2.32. The maximum absolute atomic E-state index is 13.2. The van der Waals surface area contributed by atoms with Gasteiger partial charge in [-0.3, -0.25) is 9.48 Å². The maximum atomic E-state index is 13.2. The third-order valence-electron chi connectivity index (χ3n) is 7.14. The second kappa shape index (κ2) is 9.69. The molecule has 0 bridgehead atoms. The summed E-state index contributed by atoms with van der Waals surface area (Å²) in [6.45, 7) is 7.18. The van der Waals surface area contributed by atoms with Gasteiger partial charge in [-0.15, -0.1) is 0 Å². The Kier molecular flexibility index (Phi) is 6.46. The van der Waals surface area contributed by atoms with Crippen LogP contribution in [0.25, 0.3) is 11.0 Å². The molecule has 2 aliphatic heterocycles. The normalized spacial score (nSPS) is 19.9. The predicted molar refractivity (Wildman–Crippen MR) is 136 cm³/mol. The van der Waals surface area contributed by atoms with Gasteiger partial charge in [-0.2, -0.15) is 10.1 Å². The third-order valence-corrected chi connectivity index (χ3v) is 7.14. The van der Waals surface area contributed by atoms with Crippen molar-refractivity contribution in [1.29, 1.82) is 0 Å². The number of nitrogens with one attached hydrogen (secondary N) is 1. The van der Waals surface area contributed by atoms with Crippen molar-refractivity contribution in [2.75, 3.05) is 57.9 Å². The highest BCUT2D eigenvalue weighted by Crippen LogP contribution is 2.32. The molecule has 0 spiro atoms. The molecule has 0 aliphatic carbocycles. The zero-order valence-electron chi connectivity index (χ0n) is 20.7. The molecule has 1 amide bonds. The number of rotatable bonds is 8. The third kappa shape index (κ3) is 4.62. The number of anilines is 2. The van der Waals surface area contributed by atoms with E-state index in [1.54, 1.807) is 13.3 Å². The van der Waals surface area contributed by atoms with Gasteiger partial charge in [-0.05, 0) is 37.4 Å². The molecular formula is C25H34N8O2. The van der Waals surface area contributed by atoms with Crippen LogP contribution in [-0.2, 0) is 6.54 Å². The van der Waals surface area contributed by atoms with Gasteiger partial charge in [0.05, 0.1) is 19.9 Å². The number of carbonyl (C=O) groups excluding carboxylic acids is 1. The van der Waals surface area contributed by atoms with Crippen molar-refractivity contribution < 1.29 is 9.53 Å². The number of ether oxygens (including phenoxy) is 1. The first kappa shape index (κ1) is 23.3. The van der Waals surface area contributed by atoms with Crippen LogP contribution in [0, 0.1) is 11.8 Å². The van der Waals surface area contributed by atoms with E-state index in [2.05, 4.69) is 39.3 Å². The van der Waals surface area contributed by atoms with Gasteiger partial charge < -0.3 is 25.6 Å². The van der Waals surface area contributed by atoms with Crippen LogP contribution in [0.5, 0.6) is 5.75 Å². The number of fused-ring (bicyclic) bond motifs is 2. The molecule has 2 atom stereocenters. The zero-order valence-corrected chi connectivity index (χ0v) is 20.7. The first-order valence-electron chi connectivity index (χ1n) is 12.3. The molecule has 0 unspecified atom stereocenters. The van der Waals surface area contributed by atoms with Gasteiger partial charge in [0.15, 0.2) is 5.82 Å². The Balaban J connectivity index is 1.37. The van der Waals surface area contributed by atoms with E-state index in [4.69, 9.17) is 10.5 Å². The second-order valence-corrected chi connectivity index (χ2v) is 9.72. The number of hydrogen-bond donors (Lipinski definition) is 2. The van der Waals surface area contributed by atoms with Gasteiger partial charge in [0.25, 0.3) is 5.91 Å². The molecule has 0 saturated carbocycles. The zero-order chi connectivity index (χ0) is 24.5. The highest BCUT2D eigenvalue weighted by atomic mass is 16.5. The molecule has 3 N–H and O–H groups in total. The standard InChI is InChI=1S/C25H34N8O2/c1-4-5-8-27-23-22-20(29-25(26)30-23)10-28-33(22)15-17-7-6-16(9-21(17)35-3)24(34)32-13-18-11-31(2)12-19(18)14-32/h6-7,9-10,18-19H,4-5,8,11-15H2,1-3H3,(H3,26,27,29,30)/t18-,19+. The summed E-state index contributed by atoms with van der Waals surface area (Å²) in [6, 6.07) is 5.69. The van der Waals surface area contributed by atoms with Crippen LogP contribution in [0.4, 0.5) is 11.8 Å². The van der Waals surface area contributed by atoms with Gasteiger partial charge in [0.2, 0.25) is 5.95 Å². The molecule has 35 heavy (non-hydrogen) atoms. The van der Waals surface area contributed by atoms with Crippen LogP contribution in [0.3, 0.4) is 0 Å². The lowest BCUT2D eigenvalue weighted by molar-refractivity contribution is 0.0775. The van der Waals surface area contributed by atoms with E-state index in [9.17, 15) is 4.79 Å². The minimum absolute atomic E-state index is 0.0720. The van der Waals surface area contributed by atoms with E-state index in [-0.39, 0.29) is 11.9 Å². The van der Waals surface area contributed by atoms with Gasteiger partial charge in [0, 0.05) is 43.9 Å². The summed E-state index contributed by atoms with van der Waals surface area (Å²) in [5.74, 6) is 2.78. The molecule has 2 aromatic heterocycles. The molecule has 10 nitrogen and oxygen atoms in total. The van der Waals surface area contributed by atoms with Crippen molar-refractivity contribution in [2.24, 2.45) is 11.8 Å². The summed E-state index contributed by atoms with van der Waals surface area (Å²) in [7, 11) is 3.79. The van der Waals surface area contributed by atoms with Crippen LogP contribution < -0.4 is 15.8 Å². The summed E-state index contributed by atoms with van der Waals surface area (Å²) < 4.78 is 7.54. The van der Waals surface area contributed by atoms with Crippen LogP contribution in [0.15, 0.2) is 24.4 Å². The molecule has 5 rings (SSSR count). The maximum Gasteiger partial charge on any atom is 0.254 e. The Morgan fingerprint density at radius 3 is 2.69 bits per heavy atom. The minimum Gasteiger partial charge on any atom is -0.496 e. The number of nitrogens with two attached hydrogens (primary N) is 1. The average molecular weight is 479 g/mol. The number of carbonyl (C=O) groups is 1. The number of hydrogen-bond acceptors (Lipinski definition) is 8. The first-order chi connectivity index (χ1) is 17.0. The summed E-state index contributed by atoms with van der Waals surface area (Å²) in [4.78, 5) is 26.3. The van der Waals surface area contributed by atoms with Gasteiger partial charge in [-0.1, -0.05) is 19.4 Å². The highest BCUT2D eigenvalue weighted by Gasteiger charge is 2.40. The quantitative estimate of drug-likeness (QED) is 0.474. The van der Waals surface area contributed by atoms with Crippen molar-refractivity contribution in [3.8, 4) is 5.75 Å². The summed E-state index contributed by atoms with van der Waals surface area (Å²) in [5, 5.41) is 7.91. The van der Waals surface area contributed by atoms with Gasteiger partial charge in [-0.25, -0.2) is 4.98 Å². The van der Waals surface area contributed by atoms with Crippen molar-refractivity contribution >= 4 is 28.7 Å². The van der Waals surface area contributed by atoms with E-state index < -0.39 is 0 Å². The molecular weight excluding hydrogens is 444 g/mol. The Bertz CT molecular complexity index is 1210. The highest BCUT2D eigenvalue weighted by molar-refractivity contribution is 5.95. The van der Waals surface area contributed by atoms with Crippen LogP contribution in [0.1, 0.15) is 35.7 Å². The van der Waals surface area contributed by atoms with Crippen LogP contribution >= 0.6 is 0 Å². The number of amides is 1. The molecule has 10 heteroatoms. The number of nitrogens with zero attached hydrogens (tertiary/aromatic N) is 6. The Hall–Kier alpha value is -3.40. The smallest absolute Gasteiger partial charge is 0.254 e. The average Bonchev–Trinajstić information content (AvgIpc) is 3.52. The molecule has 4 heterocycles. The van der Waals surface area contributed by atoms with Gasteiger partial charge >= 0.3 is 0 Å². The fourth-order valence-electron chi connectivity index (χ4n) is 5.39. The van der Waals surface area contributed by atoms with Crippen molar-refractivity contribution in [3.63, 3.8) is 0 Å². The van der Waals surface area contributed by atoms with E-state index in [0.29, 0.717) is 41.0 Å². The molecule has 3 aromatic rings. The SMILES string of the molecule is CCCCNc1nc(N)nc2cnn(Cc3ccc(C(=O)N4C[C@H]5CN(C)C[C@H]5C4)cc3OC)c12. The minimum atomic E-state index is 0.0720. The summed E-state index contributed by atoms with van der Waals surface area (Å²) >= 11 is 0. The van der Waals surface area contributed by atoms with Gasteiger partial charge in [0.1, 0.15) is 16.8 Å². The van der Waals surface area contributed by atoms with E-state index in [0.717, 1.165) is 56.6 Å². The van der Waals surface area contributed by atoms with Crippen molar-refractivity contribution in [3.05, 3.63) is 35.5 Å². The molecule has 1 aromatic carbocycles. The number of likely N-dealkylation sites (tertiary alicyclic amines) is 2. The molecule has 2 aliphatic rings. The second-order valence-electron chi connectivity index (χ2n) is 9.72. The number of aromatic nitrogens is 4. The van der Waals surface area contributed by atoms with E-state index >= 15 is 0 Å². The molecule has 186 valence electrons. The van der Waals surface area contributed by atoms with Crippen LogP contribution in [-0.4, -0.2) is 82.3 Å². The van der Waals surface area contributed by atoms with E-state index in [1.807, 2.05) is 27.8 Å². The summed E-state index contributed by atoms with van der Waals surface area (Å²) in [6.07, 6.45) is 3.80. The lowest BCUT2D eigenvalue weighted by atomic mass is 10.0. The number of methoxy groups -OCH3 is 1. The largest absolute Gasteiger partial charge is 0.496 e. The first-order valence-corrected chi connectivity index (χ1v) is 12.3. The lowest BCUT2D eigenvalue weighted by Gasteiger charge is -2.20. The number of benzene rings is 1. The molecule has 2 fully saturated rings. The number of nitrogen functional groups attached to an aromatic ring is 1. The molecule has 0 radical (unpaired) electrons. The Morgan fingerprint density at radius 2 is 1.97 bits per heavy atom. The fraction of sp³-hybridized carbons (Fsp3) is 0.520. The Labute approximate surface area is 205 Å². The van der Waals surface area contributed by atoms with Crippen LogP contribution in [0.2, 0.25) is 0 Å². The summed E-state index contributed by atoms with van der Waals surface area (Å²) in [5.41, 5.74) is 8.97. The Morgan fingerprint density at radius 1 is 1.20 bits per heavy atom. The monoisotopic (exact) mass is 478 g/mol. The topological polar surface area (TPSA) is 114 Å². The number of unbranched alkanes of at least 4 members (excludes halogenated alkanes) is 1. The molecule has 2 saturated heterocycles. The predicted octanol–water partition coefficient (Wildman–Crippen LogP) is 2.31. The van der Waals surface area contributed by atoms with Crippen molar-refractivity contribution in [1.82, 2.24) is 29.5 Å². The van der Waals surface area contributed by atoms with E-state index in [1.165, 1.54) is 0 Å². The van der Waals surface area contributed by atoms with Crippen molar-refractivity contribution in [2.45, 2.75) is 26.3 Å². The fourth-order valence-corrected chi connectivity index (χ4v) is 5.39.